The zero-order valence-corrected chi connectivity index (χ0v) is 14.1. The van der Waals surface area contributed by atoms with Crippen molar-refractivity contribution >= 4 is 16.0 Å². The second-order valence-corrected chi connectivity index (χ2v) is 7.05. The molecule has 0 aliphatic carbocycles. The van der Waals surface area contributed by atoms with Crippen molar-refractivity contribution in [1.29, 1.82) is 0 Å². The lowest BCUT2D eigenvalue weighted by atomic mass is 10.1. The van der Waals surface area contributed by atoms with E-state index in [0.717, 1.165) is 0 Å². The third-order valence-corrected chi connectivity index (χ3v) is 5.27. The van der Waals surface area contributed by atoms with Gasteiger partial charge in [0.05, 0.1) is 16.2 Å². The Kier molecular flexibility index (Phi) is 4.58. The van der Waals surface area contributed by atoms with Gasteiger partial charge in [0.25, 0.3) is 0 Å². The molecule has 1 aromatic carbocycles. The molecule has 1 atom stereocenters. The van der Waals surface area contributed by atoms with E-state index in [2.05, 4.69) is 9.88 Å². The fraction of sp³-hybridized carbons (Fsp3) is 0.333. The van der Waals surface area contributed by atoms with E-state index in [4.69, 9.17) is 9.63 Å². The van der Waals surface area contributed by atoms with Crippen molar-refractivity contribution in [2.24, 2.45) is 0 Å². The standard InChI is InChI=1S/C15H18N2O5S/c1-8-7-12(15(18)19)5-6-13(8)23(20,21)17-10(3)14-9(2)16-22-11(14)4/h5-7,10,17H,1-4H3,(H,18,19). The number of hydrogen-bond acceptors (Lipinski definition) is 5. The molecule has 0 radical (unpaired) electrons. The molecule has 0 spiro atoms. The predicted octanol–water partition coefficient (Wildman–Crippen LogP) is 2.34. The topological polar surface area (TPSA) is 110 Å². The van der Waals surface area contributed by atoms with Crippen LogP contribution in [0.4, 0.5) is 0 Å². The molecule has 7 nitrogen and oxygen atoms in total. The van der Waals surface area contributed by atoms with Crippen molar-refractivity contribution in [2.45, 2.75) is 38.6 Å². The van der Waals surface area contributed by atoms with Crippen molar-refractivity contribution in [3.8, 4) is 0 Å². The van der Waals surface area contributed by atoms with Gasteiger partial charge in [-0.3, -0.25) is 0 Å². The largest absolute Gasteiger partial charge is 0.478 e. The average Bonchev–Trinajstić information content (AvgIpc) is 2.77. The van der Waals surface area contributed by atoms with E-state index in [1.807, 2.05) is 0 Å². The number of carboxylic acids is 1. The van der Waals surface area contributed by atoms with Gasteiger partial charge in [0.1, 0.15) is 5.76 Å². The van der Waals surface area contributed by atoms with E-state index < -0.39 is 22.0 Å². The first-order valence-electron chi connectivity index (χ1n) is 6.92. The third kappa shape index (κ3) is 3.43. The van der Waals surface area contributed by atoms with Crippen LogP contribution in [0.25, 0.3) is 0 Å². The SMILES string of the molecule is Cc1cc(C(=O)O)ccc1S(=O)(=O)NC(C)c1c(C)noc1C. The van der Waals surface area contributed by atoms with Crippen molar-refractivity contribution in [3.05, 3.63) is 46.3 Å². The predicted molar refractivity (Wildman–Crippen MR) is 82.9 cm³/mol. The molecule has 124 valence electrons. The number of carbonyl (C=O) groups is 1. The van der Waals surface area contributed by atoms with Crippen molar-refractivity contribution in [2.75, 3.05) is 0 Å². The van der Waals surface area contributed by atoms with Crippen LogP contribution >= 0.6 is 0 Å². The van der Waals surface area contributed by atoms with Crippen LogP contribution in [0.3, 0.4) is 0 Å². The summed E-state index contributed by atoms with van der Waals surface area (Å²) in [7, 11) is -3.80. The number of nitrogens with one attached hydrogen (secondary N) is 1. The van der Waals surface area contributed by atoms with Crippen LogP contribution in [0.15, 0.2) is 27.6 Å². The maximum atomic E-state index is 12.6. The number of nitrogens with zero attached hydrogens (tertiary/aromatic N) is 1. The van der Waals surface area contributed by atoms with E-state index in [0.29, 0.717) is 22.6 Å². The van der Waals surface area contributed by atoms with Crippen molar-refractivity contribution < 1.29 is 22.8 Å². The molecule has 0 saturated heterocycles. The Bertz CT molecular complexity index is 835. The average molecular weight is 338 g/mol. The lowest BCUT2D eigenvalue weighted by molar-refractivity contribution is 0.0696. The Morgan fingerprint density at radius 3 is 2.43 bits per heavy atom. The van der Waals surface area contributed by atoms with Gasteiger partial charge < -0.3 is 9.63 Å². The molecule has 23 heavy (non-hydrogen) atoms. The van der Waals surface area contributed by atoms with Gasteiger partial charge in [-0.15, -0.1) is 0 Å². The van der Waals surface area contributed by atoms with E-state index in [1.54, 1.807) is 27.7 Å². The molecular weight excluding hydrogens is 320 g/mol. The van der Waals surface area contributed by atoms with E-state index >= 15 is 0 Å². The molecule has 1 aromatic heterocycles. The van der Waals surface area contributed by atoms with E-state index in [-0.39, 0.29) is 10.5 Å². The molecular formula is C15H18N2O5S. The highest BCUT2D eigenvalue weighted by Gasteiger charge is 2.24. The Labute approximate surface area is 134 Å². The Hall–Kier alpha value is -2.19. The smallest absolute Gasteiger partial charge is 0.335 e. The number of hydrogen-bond donors (Lipinski definition) is 2. The van der Waals surface area contributed by atoms with Gasteiger partial charge in [0.2, 0.25) is 10.0 Å². The van der Waals surface area contributed by atoms with Crippen LogP contribution in [-0.2, 0) is 10.0 Å². The first-order valence-corrected chi connectivity index (χ1v) is 8.41. The molecule has 0 fully saturated rings. The molecule has 2 aromatic rings. The molecule has 2 rings (SSSR count). The normalized spacial score (nSPS) is 13.0. The van der Waals surface area contributed by atoms with Gasteiger partial charge in [-0.05, 0) is 51.5 Å². The number of aromatic carboxylic acids is 1. The summed E-state index contributed by atoms with van der Waals surface area (Å²) in [5.41, 5.74) is 1.72. The third-order valence-electron chi connectivity index (χ3n) is 3.56. The molecule has 0 saturated carbocycles. The summed E-state index contributed by atoms with van der Waals surface area (Å²) in [6, 6.07) is 3.37. The summed E-state index contributed by atoms with van der Waals surface area (Å²) in [4.78, 5) is 11.0. The fourth-order valence-corrected chi connectivity index (χ4v) is 3.99. The monoisotopic (exact) mass is 338 g/mol. The van der Waals surface area contributed by atoms with Crippen LogP contribution in [0.5, 0.6) is 0 Å². The second-order valence-electron chi connectivity index (χ2n) is 5.37. The molecule has 8 heteroatoms. The number of aromatic nitrogens is 1. The van der Waals surface area contributed by atoms with Gasteiger partial charge >= 0.3 is 5.97 Å². The molecule has 0 amide bonds. The lowest BCUT2D eigenvalue weighted by Gasteiger charge is -2.15. The minimum Gasteiger partial charge on any atom is -0.478 e. The first-order chi connectivity index (χ1) is 10.6. The number of benzene rings is 1. The van der Waals surface area contributed by atoms with Crippen LogP contribution < -0.4 is 4.72 Å². The maximum absolute atomic E-state index is 12.6. The lowest BCUT2D eigenvalue weighted by Crippen LogP contribution is -2.28. The summed E-state index contributed by atoms with van der Waals surface area (Å²) in [6.07, 6.45) is 0. The van der Waals surface area contributed by atoms with Crippen LogP contribution in [0, 0.1) is 20.8 Å². The molecule has 1 heterocycles. The zero-order chi connectivity index (χ0) is 17.4. The van der Waals surface area contributed by atoms with Gasteiger partial charge in [0, 0.05) is 11.6 Å². The van der Waals surface area contributed by atoms with Gasteiger partial charge in [-0.2, -0.15) is 0 Å². The maximum Gasteiger partial charge on any atom is 0.335 e. The Morgan fingerprint density at radius 1 is 1.30 bits per heavy atom. The number of sulfonamides is 1. The Morgan fingerprint density at radius 2 is 1.96 bits per heavy atom. The van der Waals surface area contributed by atoms with Crippen LogP contribution in [0.1, 0.15) is 45.9 Å². The highest BCUT2D eigenvalue weighted by Crippen LogP contribution is 2.24. The summed E-state index contributed by atoms with van der Waals surface area (Å²) >= 11 is 0. The Balaban J connectivity index is 2.34. The van der Waals surface area contributed by atoms with Gasteiger partial charge in [0.15, 0.2) is 0 Å². The van der Waals surface area contributed by atoms with Crippen LogP contribution in [-0.4, -0.2) is 24.7 Å². The van der Waals surface area contributed by atoms with E-state index in [1.165, 1.54) is 18.2 Å². The van der Waals surface area contributed by atoms with Crippen molar-refractivity contribution in [1.82, 2.24) is 9.88 Å². The highest BCUT2D eigenvalue weighted by atomic mass is 32.2. The molecule has 2 N–H and O–H groups in total. The highest BCUT2D eigenvalue weighted by molar-refractivity contribution is 7.89. The number of aryl methyl sites for hydroxylation is 3. The number of rotatable bonds is 5. The quantitative estimate of drug-likeness (QED) is 0.866. The molecule has 0 aliphatic heterocycles. The minimum atomic E-state index is -3.80. The van der Waals surface area contributed by atoms with Crippen molar-refractivity contribution in [3.63, 3.8) is 0 Å². The summed E-state index contributed by atoms with van der Waals surface area (Å²) in [5.74, 6) is -0.551. The van der Waals surface area contributed by atoms with Gasteiger partial charge in [-0.1, -0.05) is 5.16 Å². The zero-order valence-electron chi connectivity index (χ0n) is 13.2. The summed E-state index contributed by atoms with van der Waals surface area (Å²) in [6.45, 7) is 6.71. The number of carboxylic acid groups (broad SMARTS) is 1. The van der Waals surface area contributed by atoms with Gasteiger partial charge in [-0.25, -0.2) is 17.9 Å². The van der Waals surface area contributed by atoms with Crippen LogP contribution in [0.2, 0.25) is 0 Å². The second kappa shape index (κ2) is 6.13. The summed E-state index contributed by atoms with van der Waals surface area (Å²) in [5, 5.41) is 12.8. The van der Waals surface area contributed by atoms with E-state index in [9.17, 15) is 13.2 Å². The molecule has 1 unspecified atom stereocenters. The first kappa shape index (κ1) is 17.2. The molecule has 0 aliphatic rings. The summed E-state index contributed by atoms with van der Waals surface area (Å²) < 4.78 is 32.7. The fourth-order valence-electron chi connectivity index (χ4n) is 2.55. The minimum absolute atomic E-state index is 0.0419. The molecule has 0 bridgehead atoms.